The van der Waals surface area contributed by atoms with Gasteiger partial charge >= 0.3 is 0 Å². The smallest absolute Gasteiger partial charge is 0.282 e. The van der Waals surface area contributed by atoms with Crippen molar-refractivity contribution >= 4 is 94.7 Å². The Bertz CT molecular complexity index is 2030. The summed E-state index contributed by atoms with van der Waals surface area (Å²) in [7, 11) is 0. The lowest BCUT2D eigenvalue weighted by atomic mass is 10.2. The summed E-state index contributed by atoms with van der Waals surface area (Å²) in [6.45, 7) is 0.234. The first kappa shape index (κ1) is 28.0. The Morgan fingerprint density at radius 3 is 2.56 bits per heavy atom. The van der Waals surface area contributed by atoms with Gasteiger partial charge in [-0.05, 0) is 87.7 Å². The number of aromatic nitrogens is 2. The maximum Gasteiger partial charge on any atom is 0.282 e. The van der Waals surface area contributed by atoms with Gasteiger partial charge in [-0.3, -0.25) is 4.79 Å². The molecule has 11 heteroatoms. The first-order valence-electron chi connectivity index (χ1n) is 12.1. The Morgan fingerprint density at radius 2 is 1.76 bits per heavy atom. The third-order valence-electron chi connectivity index (χ3n) is 6.16. The predicted molar refractivity (Wildman–Crippen MR) is 172 cm³/mol. The molecule has 0 bridgehead atoms. The fourth-order valence-electron chi connectivity index (χ4n) is 4.22. The molecule has 6 aromatic rings. The van der Waals surface area contributed by atoms with Crippen molar-refractivity contribution in [1.29, 1.82) is 0 Å². The van der Waals surface area contributed by atoms with Gasteiger partial charge in [-0.1, -0.05) is 68.9 Å². The van der Waals surface area contributed by atoms with Crippen LogP contribution < -0.4 is 10.3 Å². The predicted octanol–water partition coefficient (Wildman–Crippen LogP) is 9.76. The third kappa shape index (κ3) is 5.80. The Morgan fingerprint density at radius 1 is 0.927 bits per heavy atom. The molecule has 6 rings (SSSR count). The van der Waals surface area contributed by atoms with E-state index >= 15 is 0 Å². The van der Waals surface area contributed by atoms with Crippen LogP contribution in [0.1, 0.15) is 11.1 Å². The minimum absolute atomic E-state index is 0.234. The number of furan rings is 1. The number of ether oxygens (including phenoxy) is 1. The lowest BCUT2D eigenvalue weighted by molar-refractivity contribution is 0.304. The van der Waals surface area contributed by atoms with E-state index in [9.17, 15) is 4.79 Å². The molecule has 0 fully saturated rings. The number of rotatable bonds is 6. The normalized spacial score (nSPS) is 11.6. The lowest BCUT2D eigenvalue weighted by Crippen LogP contribution is -2.20. The topological polar surface area (TPSA) is 69.6 Å². The molecule has 2 aromatic heterocycles. The molecular weight excluding hydrogens is 717 g/mol. The highest BCUT2D eigenvalue weighted by Gasteiger charge is 2.17. The average molecular weight is 733 g/mol. The van der Waals surface area contributed by atoms with Crippen LogP contribution in [-0.2, 0) is 6.61 Å². The zero-order valence-electron chi connectivity index (χ0n) is 20.7. The second-order valence-electron chi connectivity index (χ2n) is 8.96. The zero-order valence-corrected chi connectivity index (χ0v) is 26.2. The number of halogens is 5. The van der Waals surface area contributed by atoms with Crippen LogP contribution in [0.15, 0.2) is 102 Å². The second kappa shape index (κ2) is 11.6. The van der Waals surface area contributed by atoms with E-state index in [-0.39, 0.29) is 18.0 Å². The summed E-state index contributed by atoms with van der Waals surface area (Å²) in [5.41, 5.74) is 2.32. The van der Waals surface area contributed by atoms with Crippen LogP contribution in [0, 0.1) is 0 Å². The van der Waals surface area contributed by atoms with Crippen LogP contribution in [0.5, 0.6) is 5.75 Å². The first-order chi connectivity index (χ1) is 19.8. The Labute approximate surface area is 265 Å². The highest BCUT2D eigenvalue weighted by Crippen LogP contribution is 2.35. The maximum absolute atomic E-state index is 13.6. The van der Waals surface area contributed by atoms with Gasteiger partial charge in [0.1, 0.15) is 12.2 Å². The van der Waals surface area contributed by atoms with Crippen molar-refractivity contribution in [2.24, 2.45) is 5.10 Å². The van der Waals surface area contributed by atoms with Crippen LogP contribution in [0.2, 0.25) is 15.1 Å². The molecule has 6 nitrogen and oxygen atoms in total. The summed E-state index contributed by atoms with van der Waals surface area (Å²) in [4.78, 5) is 18.3. The van der Waals surface area contributed by atoms with E-state index in [0.717, 1.165) is 15.4 Å². The number of nitrogens with zero attached hydrogens (tertiary/aromatic N) is 3. The van der Waals surface area contributed by atoms with Crippen molar-refractivity contribution in [1.82, 2.24) is 9.66 Å². The number of hydrogen-bond donors (Lipinski definition) is 0. The fourth-order valence-corrected chi connectivity index (χ4v) is 5.90. The molecule has 0 amide bonds. The molecule has 0 aliphatic carbocycles. The summed E-state index contributed by atoms with van der Waals surface area (Å²) in [6, 6.07) is 23.3. The SMILES string of the molecule is O=c1c2ccccc2nc(-c2cc3cc(Br)ccc3o2)n1N=Cc1cc(Cl)c(OCc2ccc(Cl)c(Cl)c2)c(Br)c1. The molecule has 0 unspecified atom stereocenters. The molecule has 204 valence electrons. The third-order valence-corrected chi connectivity index (χ3v) is 8.26. The highest BCUT2D eigenvalue weighted by atomic mass is 79.9. The molecule has 0 radical (unpaired) electrons. The second-order valence-corrected chi connectivity index (χ2v) is 11.9. The molecule has 41 heavy (non-hydrogen) atoms. The Hall–Kier alpha value is -3.14. The van der Waals surface area contributed by atoms with Crippen LogP contribution >= 0.6 is 66.7 Å². The molecule has 0 N–H and O–H groups in total. The molecule has 0 atom stereocenters. The fraction of sp³-hybridized carbons (Fsp3) is 0.0333. The van der Waals surface area contributed by atoms with Gasteiger partial charge in [0, 0.05) is 9.86 Å². The van der Waals surface area contributed by atoms with Gasteiger partial charge in [0.15, 0.2) is 11.5 Å². The largest absolute Gasteiger partial charge is 0.486 e. The van der Waals surface area contributed by atoms with Gasteiger partial charge in [0.25, 0.3) is 5.56 Å². The van der Waals surface area contributed by atoms with Crippen LogP contribution in [-0.4, -0.2) is 15.9 Å². The quantitative estimate of drug-likeness (QED) is 0.160. The monoisotopic (exact) mass is 729 g/mol. The van der Waals surface area contributed by atoms with Gasteiger partial charge in [-0.25, -0.2) is 4.98 Å². The summed E-state index contributed by atoms with van der Waals surface area (Å²) < 4.78 is 14.7. The van der Waals surface area contributed by atoms with Gasteiger partial charge in [0.2, 0.25) is 5.82 Å². The van der Waals surface area contributed by atoms with E-state index in [1.165, 1.54) is 10.9 Å². The van der Waals surface area contributed by atoms with E-state index in [1.54, 1.807) is 42.5 Å². The van der Waals surface area contributed by atoms with E-state index in [1.807, 2.05) is 36.4 Å². The van der Waals surface area contributed by atoms with E-state index in [4.69, 9.17) is 48.9 Å². The van der Waals surface area contributed by atoms with Crippen molar-refractivity contribution in [2.45, 2.75) is 6.61 Å². The average Bonchev–Trinajstić information content (AvgIpc) is 3.37. The van der Waals surface area contributed by atoms with E-state index < -0.39 is 0 Å². The maximum atomic E-state index is 13.6. The summed E-state index contributed by atoms with van der Waals surface area (Å²) in [6.07, 6.45) is 1.53. The molecule has 0 aliphatic heterocycles. The summed E-state index contributed by atoms with van der Waals surface area (Å²) in [5, 5.41) is 7.07. The van der Waals surface area contributed by atoms with Gasteiger partial charge < -0.3 is 9.15 Å². The van der Waals surface area contributed by atoms with Crippen molar-refractivity contribution < 1.29 is 9.15 Å². The van der Waals surface area contributed by atoms with Crippen LogP contribution in [0.3, 0.4) is 0 Å². The molecule has 0 saturated carbocycles. The minimum atomic E-state index is -0.338. The highest BCUT2D eigenvalue weighted by molar-refractivity contribution is 9.10. The Balaban J connectivity index is 1.36. The van der Waals surface area contributed by atoms with Gasteiger partial charge in [0.05, 0.1) is 36.7 Å². The summed E-state index contributed by atoms with van der Waals surface area (Å²) >= 11 is 25.7. The number of hydrogen-bond acceptors (Lipinski definition) is 5. The molecule has 2 heterocycles. The van der Waals surface area contributed by atoms with E-state index in [2.05, 4.69) is 37.0 Å². The molecule has 0 spiro atoms. The van der Waals surface area contributed by atoms with Crippen molar-refractivity contribution in [3.63, 3.8) is 0 Å². The van der Waals surface area contributed by atoms with Crippen molar-refractivity contribution in [2.75, 3.05) is 0 Å². The summed E-state index contributed by atoms with van der Waals surface area (Å²) in [5.74, 6) is 1.13. The van der Waals surface area contributed by atoms with Crippen molar-refractivity contribution in [3.8, 4) is 17.3 Å². The van der Waals surface area contributed by atoms with Crippen LogP contribution in [0.4, 0.5) is 0 Å². The lowest BCUT2D eigenvalue weighted by Gasteiger charge is -2.12. The zero-order chi connectivity index (χ0) is 28.7. The van der Waals surface area contributed by atoms with E-state index in [0.29, 0.717) is 53.1 Å². The molecule has 0 aliphatic rings. The first-order valence-corrected chi connectivity index (χ1v) is 14.8. The van der Waals surface area contributed by atoms with Gasteiger partial charge in [-0.15, -0.1) is 0 Å². The van der Waals surface area contributed by atoms with Crippen LogP contribution in [0.25, 0.3) is 33.5 Å². The van der Waals surface area contributed by atoms with Gasteiger partial charge in [-0.2, -0.15) is 9.78 Å². The molecular formula is C30H16Br2Cl3N3O3. The number of benzene rings is 4. The van der Waals surface area contributed by atoms with Crippen molar-refractivity contribution in [3.05, 3.63) is 124 Å². The minimum Gasteiger partial charge on any atom is -0.486 e. The standard InChI is InChI=1S/C30H16Br2Cl3N3O3/c31-19-6-8-26-18(12-19)13-27(41-26)29-37-25-4-2-1-3-20(25)30(39)38(29)36-14-17-9-21(32)28(24(35)11-17)40-15-16-5-7-22(33)23(34)10-16/h1-14H,15H2. The number of para-hydroxylation sites is 1. The molecule has 0 saturated heterocycles. The molecule has 4 aromatic carbocycles. The number of fused-ring (bicyclic) bond motifs is 2. The Kier molecular flexibility index (Phi) is 7.94.